The van der Waals surface area contributed by atoms with Crippen molar-refractivity contribution in [2.75, 3.05) is 24.6 Å². The molecule has 3 heterocycles. The average Bonchev–Trinajstić information content (AvgIpc) is 2.90. The average molecular weight is 272 g/mol. The molecule has 0 aliphatic carbocycles. The summed E-state index contributed by atoms with van der Waals surface area (Å²) in [5.41, 5.74) is 0. The first-order chi connectivity index (χ1) is 8.55. The van der Waals surface area contributed by atoms with Crippen LogP contribution in [-0.4, -0.2) is 55.9 Å². The second-order valence-corrected chi connectivity index (χ2v) is 8.02. The van der Waals surface area contributed by atoms with Crippen LogP contribution in [0.3, 0.4) is 0 Å². The lowest BCUT2D eigenvalue weighted by Gasteiger charge is -2.27. The van der Waals surface area contributed by atoms with E-state index in [1.807, 2.05) is 0 Å². The summed E-state index contributed by atoms with van der Waals surface area (Å²) in [5.74, 6) is 0.620. The first-order valence-electron chi connectivity index (χ1n) is 6.80. The molecular weight excluding hydrogens is 252 g/mol. The van der Waals surface area contributed by atoms with Crippen molar-refractivity contribution in [3.63, 3.8) is 0 Å². The third-order valence-electron chi connectivity index (χ3n) is 4.48. The number of rotatable bonds is 1. The van der Waals surface area contributed by atoms with Gasteiger partial charge in [0.25, 0.3) is 0 Å². The molecule has 0 spiro atoms. The Kier molecular flexibility index (Phi) is 3.10. The molecule has 3 atom stereocenters. The quantitative estimate of drug-likeness (QED) is 0.716. The molecule has 3 fully saturated rings. The van der Waals surface area contributed by atoms with Crippen LogP contribution in [0.15, 0.2) is 0 Å². The molecule has 6 heteroatoms. The Morgan fingerprint density at radius 2 is 2.00 bits per heavy atom. The zero-order valence-electron chi connectivity index (χ0n) is 10.5. The van der Waals surface area contributed by atoms with Crippen LogP contribution in [0.1, 0.15) is 25.7 Å². The van der Waals surface area contributed by atoms with Crippen LogP contribution in [0, 0.1) is 5.92 Å². The fourth-order valence-electron chi connectivity index (χ4n) is 3.49. The van der Waals surface area contributed by atoms with Gasteiger partial charge < -0.3 is 10.2 Å². The molecule has 3 unspecified atom stereocenters. The third-order valence-corrected chi connectivity index (χ3v) is 6.20. The molecule has 2 bridgehead atoms. The molecule has 1 amide bonds. The van der Waals surface area contributed by atoms with Gasteiger partial charge >= 0.3 is 0 Å². The maximum Gasteiger partial charge on any atom is 0.227 e. The Morgan fingerprint density at radius 3 is 2.67 bits per heavy atom. The summed E-state index contributed by atoms with van der Waals surface area (Å²) in [7, 11) is -2.93. The van der Waals surface area contributed by atoms with E-state index in [4.69, 9.17) is 0 Å². The van der Waals surface area contributed by atoms with Gasteiger partial charge in [0, 0.05) is 25.2 Å². The second kappa shape index (κ2) is 4.49. The van der Waals surface area contributed by atoms with Gasteiger partial charge in [0.2, 0.25) is 5.91 Å². The fraction of sp³-hybridized carbons (Fsp3) is 0.917. The number of carbonyl (C=O) groups is 1. The molecule has 3 saturated heterocycles. The smallest absolute Gasteiger partial charge is 0.227 e. The molecule has 0 aromatic heterocycles. The summed E-state index contributed by atoms with van der Waals surface area (Å²) >= 11 is 0. The van der Waals surface area contributed by atoms with Crippen molar-refractivity contribution in [2.45, 2.75) is 37.8 Å². The van der Waals surface area contributed by atoms with Crippen molar-refractivity contribution in [3.05, 3.63) is 0 Å². The molecule has 3 rings (SSSR count). The monoisotopic (exact) mass is 272 g/mol. The zero-order valence-corrected chi connectivity index (χ0v) is 11.3. The maximum absolute atomic E-state index is 12.4. The lowest BCUT2D eigenvalue weighted by atomic mass is 9.88. The third kappa shape index (κ3) is 2.28. The van der Waals surface area contributed by atoms with Crippen molar-refractivity contribution in [2.24, 2.45) is 5.92 Å². The molecule has 1 N–H and O–H groups in total. The predicted octanol–water partition coefficient (Wildman–Crippen LogP) is -0.226. The van der Waals surface area contributed by atoms with Crippen LogP contribution in [0.2, 0.25) is 0 Å². The van der Waals surface area contributed by atoms with Gasteiger partial charge in [0.15, 0.2) is 9.84 Å². The van der Waals surface area contributed by atoms with E-state index in [0.29, 0.717) is 31.6 Å². The van der Waals surface area contributed by atoms with Crippen molar-refractivity contribution >= 4 is 15.7 Å². The molecule has 5 nitrogen and oxygen atoms in total. The Hall–Kier alpha value is -0.620. The van der Waals surface area contributed by atoms with Gasteiger partial charge in [-0.15, -0.1) is 0 Å². The summed E-state index contributed by atoms with van der Waals surface area (Å²) < 4.78 is 23.1. The molecule has 0 aromatic rings. The van der Waals surface area contributed by atoms with Gasteiger partial charge in [0.05, 0.1) is 17.4 Å². The number of nitrogens with zero attached hydrogens (tertiary/aromatic N) is 1. The normalized spacial score (nSPS) is 38.7. The van der Waals surface area contributed by atoms with Crippen LogP contribution in [0.4, 0.5) is 0 Å². The molecule has 18 heavy (non-hydrogen) atoms. The van der Waals surface area contributed by atoms with Crippen LogP contribution in [-0.2, 0) is 14.6 Å². The van der Waals surface area contributed by atoms with Gasteiger partial charge in [0.1, 0.15) is 0 Å². The summed E-state index contributed by atoms with van der Waals surface area (Å²) in [5, 5.41) is 3.46. The first kappa shape index (κ1) is 12.4. The number of amides is 1. The van der Waals surface area contributed by atoms with Gasteiger partial charge in [-0.3, -0.25) is 4.79 Å². The van der Waals surface area contributed by atoms with Crippen LogP contribution < -0.4 is 5.32 Å². The minimum atomic E-state index is -2.93. The van der Waals surface area contributed by atoms with Crippen molar-refractivity contribution in [1.82, 2.24) is 10.2 Å². The molecular formula is C12H20N2O3S. The summed E-state index contributed by atoms with van der Waals surface area (Å²) in [6.07, 6.45) is 3.80. The Balaban J connectivity index is 1.66. The molecule has 0 radical (unpaired) electrons. The van der Waals surface area contributed by atoms with Crippen molar-refractivity contribution < 1.29 is 13.2 Å². The van der Waals surface area contributed by atoms with Gasteiger partial charge in [-0.2, -0.15) is 0 Å². The van der Waals surface area contributed by atoms with E-state index in [1.165, 1.54) is 6.42 Å². The highest BCUT2D eigenvalue weighted by Gasteiger charge is 2.44. The van der Waals surface area contributed by atoms with E-state index < -0.39 is 9.84 Å². The Labute approximate surface area is 108 Å². The Bertz CT molecular complexity index is 448. The fourth-order valence-corrected chi connectivity index (χ4v) is 4.76. The second-order valence-electron chi connectivity index (χ2n) is 5.72. The first-order valence-corrected chi connectivity index (χ1v) is 8.62. The Morgan fingerprint density at radius 1 is 1.17 bits per heavy atom. The minimum absolute atomic E-state index is 0.0876. The highest BCUT2D eigenvalue weighted by Crippen LogP contribution is 2.34. The molecule has 0 aromatic carbocycles. The minimum Gasteiger partial charge on any atom is -0.341 e. The number of carbonyl (C=O) groups excluding carboxylic acids is 1. The van der Waals surface area contributed by atoms with Crippen LogP contribution in [0.5, 0.6) is 0 Å². The van der Waals surface area contributed by atoms with Gasteiger partial charge in [-0.1, -0.05) is 0 Å². The summed E-state index contributed by atoms with van der Waals surface area (Å²) in [4.78, 5) is 14.2. The van der Waals surface area contributed by atoms with E-state index in [1.54, 1.807) is 4.90 Å². The van der Waals surface area contributed by atoms with Crippen molar-refractivity contribution in [3.8, 4) is 0 Å². The van der Waals surface area contributed by atoms with E-state index in [0.717, 1.165) is 12.8 Å². The molecule has 3 aliphatic heterocycles. The molecule has 3 aliphatic rings. The van der Waals surface area contributed by atoms with Gasteiger partial charge in [-0.05, 0) is 25.7 Å². The summed E-state index contributed by atoms with van der Waals surface area (Å²) in [6.45, 7) is 0.987. The molecule has 0 saturated carbocycles. The maximum atomic E-state index is 12.4. The largest absolute Gasteiger partial charge is 0.341 e. The highest BCUT2D eigenvalue weighted by molar-refractivity contribution is 7.91. The zero-order chi connectivity index (χ0) is 12.8. The highest BCUT2D eigenvalue weighted by atomic mass is 32.2. The number of fused-ring (bicyclic) bond motifs is 2. The van der Waals surface area contributed by atoms with Gasteiger partial charge in [-0.25, -0.2) is 8.42 Å². The standard InChI is InChI=1S/C12H20N2O3S/c15-12(10-8-9-2-3-11(10)13-9)14-4-1-6-18(16,17)7-5-14/h9-11,13H,1-8H2. The van der Waals surface area contributed by atoms with Crippen LogP contribution in [0.25, 0.3) is 0 Å². The van der Waals surface area contributed by atoms with Crippen LogP contribution >= 0.6 is 0 Å². The van der Waals surface area contributed by atoms with Crippen molar-refractivity contribution in [1.29, 1.82) is 0 Å². The molecule has 102 valence electrons. The summed E-state index contributed by atoms with van der Waals surface area (Å²) in [6, 6.07) is 0.849. The van der Waals surface area contributed by atoms with E-state index in [-0.39, 0.29) is 23.3 Å². The van der Waals surface area contributed by atoms with E-state index in [2.05, 4.69) is 5.32 Å². The number of hydrogen-bond acceptors (Lipinski definition) is 4. The topological polar surface area (TPSA) is 66.5 Å². The lowest BCUT2D eigenvalue weighted by Crippen LogP contribution is -2.42. The lowest BCUT2D eigenvalue weighted by molar-refractivity contribution is -0.135. The number of nitrogens with one attached hydrogen (secondary N) is 1. The van der Waals surface area contributed by atoms with E-state index >= 15 is 0 Å². The number of sulfone groups is 1. The predicted molar refractivity (Wildman–Crippen MR) is 67.9 cm³/mol. The number of hydrogen-bond donors (Lipinski definition) is 1. The SMILES string of the molecule is O=C(C1CC2CCC1N2)N1CCCS(=O)(=O)CC1. The van der Waals surface area contributed by atoms with E-state index in [9.17, 15) is 13.2 Å².